The summed E-state index contributed by atoms with van der Waals surface area (Å²) >= 11 is 0. The van der Waals surface area contributed by atoms with Crippen LogP contribution in [0.3, 0.4) is 0 Å². The van der Waals surface area contributed by atoms with Crippen LogP contribution in [0.2, 0.25) is 0 Å². The Morgan fingerprint density at radius 1 is 1.47 bits per heavy atom. The monoisotopic (exact) mass is 238 g/mol. The van der Waals surface area contributed by atoms with Gasteiger partial charge in [0, 0.05) is 18.3 Å². The lowest BCUT2D eigenvalue weighted by Gasteiger charge is -2.16. The minimum Gasteiger partial charge on any atom is -0.478 e. The van der Waals surface area contributed by atoms with Gasteiger partial charge in [0.2, 0.25) is 11.8 Å². The third kappa shape index (κ3) is 4.99. The third-order valence-corrected chi connectivity index (χ3v) is 2.43. The topological polar surface area (TPSA) is 73.1 Å². The second-order valence-corrected chi connectivity index (χ2v) is 3.89. The molecule has 17 heavy (non-hydrogen) atoms. The first-order valence-electron chi connectivity index (χ1n) is 6.22. The molecule has 0 radical (unpaired) electrons. The van der Waals surface area contributed by atoms with E-state index in [1.807, 2.05) is 0 Å². The second kappa shape index (κ2) is 7.84. The maximum atomic E-state index is 5.55. The molecule has 0 amide bonds. The molecule has 0 saturated heterocycles. The molecule has 1 aromatic rings. The van der Waals surface area contributed by atoms with Crippen LogP contribution in [0, 0.1) is 0 Å². The van der Waals surface area contributed by atoms with Crippen LogP contribution in [0.4, 0.5) is 5.95 Å². The van der Waals surface area contributed by atoms with Crippen LogP contribution in [0.25, 0.3) is 0 Å². The summed E-state index contributed by atoms with van der Waals surface area (Å²) in [6.07, 6.45) is 4.59. The van der Waals surface area contributed by atoms with Crippen molar-refractivity contribution in [1.29, 1.82) is 0 Å². The molecular weight excluding hydrogens is 216 g/mol. The van der Waals surface area contributed by atoms with Gasteiger partial charge in [-0.15, -0.1) is 0 Å². The Labute approximate surface area is 103 Å². The molecule has 1 unspecified atom stereocenters. The van der Waals surface area contributed by atoms with E-state index in [9.17, 15) is 0 Å². The summed E-state index contributed by atoms with van der Waals surface area (Å²) in [6.45, 7) is 5.52. The Morgan fingerprint density at radius 3 is 2.94 bits per heavy atom. The number of hydrogen-bond acceptors (Lipinski definition) is 5. The molecule has 0 aliphatic carbocycles. The van der Waals surface area contributed by atoms with Crippen LogP contribution in [-0.4, -0.2) is 29.2 Å². The van der Waals surface area contributed by atoms with Crippen LogP contribution in [-0.2, 0) is 0 Å². The minimum atomic E-state index is 0.321. The number of nitrogens with zero attached hydrogens (tertiary/aromatic N) is 2. The lowest BCUT2D eigenvalue weighted by Crippen LogP contribution is -2.23. The molecule has 0 fully saturated rings. The van der Waals surface area contributed by atoms with E-state index in [0.717, 1.165) is 19.3 Å². The summed E-state index contributed by atoms with van der Waals surface area (Å²) < 4.78 is 5.46. The highest BCUT2D eigenvalue weighted by atomic mass is 16.5. The number of nitrogens with two attached hydrogens (primary N) is 1. The predicted octanol–water partition coefficient (Wildman–Crippen LogP) is 1.80. The van der Waals surface area contributed by atoms with Gasteiger partial charge in [-0.05, 0) is 25.8 Å². The van der Waals surface area contributed by atoms with Crippen molar-refractivity contribution < 1.29 is 4.74 Å². The summed E-state index contributed by atoms with van der Waals surface area (Å²) in [7, 11) is 0. The van der Waals surface area contributed by atoms with Gasteiger partial charge < -0.3 is 15.8 Å². The minimum absolute atomic E-state index is 0.321. The molecule has 96 valence electrons. The van der Waals surface area contributed by atoms with Crippen LogP contribution in [0.5, 0.6) is 5.88 Å². The number of anilines is 1. The van der Waals surface area contributed by atoms with E-state index in [0.29, 0.717) is 31.0 Å². The zero-order chi connectivity index (χ0) is 12.5. The first-order valence-corrected chi connectivity index (χ1v) is 6.22. The van der Waals surface area contributed by atoms with Crippen molar-refractivity contribution >= 4 is 5.95 Å². The van der Waals surface area contributed by atoms with E-state index in [2.05, 4.69) is 29.1 Å². The maximum absolute atomic E-state index is 5.55. The zero-order valence-corrected chi connectivity index (χ0v) is 10.6. The Balaban J connectivity index is 2.57. The van der Waals surface area contributed by atoms with E-state index in [4.69, 9.17) is 10.5 Å². The molecule has 0 aliphatic heterocycles. The van der Waals surface area contributed by atoms with E-state index in [1.54, 1.807) is 12.3 Å². The molecule has 0 aromatic carbocycles. The van der Waals surface area contributed by atoms with Crippen molar-refractivity contribution in [3.05, 3.63) is 12.3 Å². The summed E-state index contributed by atoms with van der Waals surface area (Å²) in [4.78, 5) is 8.47. The lowest BCUT2D eigenvalue weighted by molar-refractivity contribution is 0.305. The Hall–Kier alpha value is -1.36. The number of nitrogens with one attached hydrogen (secondary N) is 1. The number of hydrogen-bond donors (Lipinski definition) is 2. The Morgan fingerprint density at radius 2 is 2.29 bits per heavy atom. The van der Waals surface area contributed by atoms with E-state index < -0.39 is 0 Å². The van der Waals surface area contributed by atoms with Gasteiger partial charge in [-0.3, -0.25) is 0 Å². The zero-order valence-electron chi connectivity index (χ0n) is 10.6. The van der Waals surface area contributed by atoms with E-state index >= 15 is 0 Å². The van der Waals surface area contributed by atoms with Crippen molar-refractivity contribution in [2.45, 2.75) is 39.2 Å². The number of ether oxygens (including phenoxy) is 1. The van der Waals surface area contributed by atoms with Gasteiger partial charge >= 0.3 is 0 Å². The Kier molecular flexibility index (Phi) is 6.32. The molecule has 1 aromatic heterocycles. The highest BCUT2D eigenvalue weighted by Crippen LogP contribution is 2.11. The maximum Gasteiger partial charge on any atom is 0.226 e. The molecule has 5 heteroatoms. The van der Waals surface area contributed by atoms with Crippen molar-refractivity contribution in [2.24, 2.45) is 5.73 Å². The fraction of sp³-hybridized carbons (Fsp3) is 0.667. The van der Waals surface area contributed by atoms with Crippen LogP contribution in [0.1, 0.15) is 33.1 Å². The lowest BCUT2D eigenvalue weighted by atomic mass is 10.1. The predicted molar refractivity (Wildman–Crippen MR) is 69.2 cm³/mol. The SMILES string of the molecule is CCCOc1ccnc(NC(CC)CCN)n1. The molecule has 5 nitrogen and oxygen atoms in total. The van der Waals surface area contributed by atoms with E-state index in [-0.39, 0.29) is 0 Å². The van der Waals surface area contributed by atoms with Crippen LogP contribution < -0.4 is 15.8 Å². The van der Waals surface area contributed by atoms with Crippen LogP contribution in [0.15, 0.2) is 12.3 Å². The van der Waals surface area contributed by atoms with Gasteiger partial charge in [0.05, 0.1) is 6.61 Å². The van der Waals surface area contributed by atoms with Gasteiger partial charge in [-0.1, -0.05) is 13.8 Å². The van der Waals surface area contributed by atoms with Gasteiger partial charge in [0.25, 0.3) is 0 Å². The second-order valence-electron chi connectivity index (χ2n) is 3.89. The van der Waals surface area contributed by atoms with Crippen molar-refractivity contribution in [3.8, 4) is 5.88 Å². The van der Waals surface area contributed by atoms with Gasteiger partial charge in [0.15, 0.2) is 0 Å². The first kappa shape index (κ1) is 13.7. The highest BCUT2D eigenvalue weighted by Gasteiger charge is 2.07. The number of aromatic nitrogens is 2. The highest BCUT2D eigenvalue weighted by molar-refractivity contribution is 5.28. The van der Waals surface area contributed by atoms with Gasteiger partial charge in [0.1, 0.15) is 0 Å². The fourth-order valence-electron chi connectivity index (χ4n) is 1.46. The van der Waals surface area contributed by atoms with Crippen LogP contribution >= 0.6 is 0 Å². The molecule has 3 N–H and O–H groups in total. The molecule has 0 aliphatic rings. The van der Waals surface area contributed by atoms with E-state index in [1.165, 1.54) is 0 Å². The summed E-state index contributed by atoms with van der Waals surface area (Å²) in [6, 6.07) is 2.09. The molecule has 1 heterocycles. The quantitative estimate of drug-likeness (QED) is 0.722. The first-order chi connectivity index (χ1) is 8.30. The smallest absolute Gasteiger partial charge is 0.226 e. The average molecular weight is 238 g/mol. The van der Waals surface area contributed by atoms with Crippen molar-refractivity contribution in [3.63, 3.8) is 0 Å². The fourth-order valence-corrected chi connectivity index (χ4v) is 1.46. The van der Waals surface area contributed by atoms with Crippen molar-refractivity contribution in [1.82, 2.24) is 9.97 Å². The standard InChI is InChI=1S/C12H22N4O/c1-3-9-17-11-6-8-14-12(16-11)15-10(4-2)5-7-13/h6,8,10H,3-5,7,9,13H2,1-2H3,(H,14,15,16). The van der Waals surface area contributed by atoms with Gasteiger partial charge in [-0.2, -0.15) is 4.98 Å². The van der Waals surface area contributed by atoms with Crippen molar-refractivity contribution in [2.75, 3.05) is 18.5 Å². The molecule has 0 bridgehead atoms. The normalized spacial score (nSPS) is 12.2. The summed E-state index contributed by atoms with van der Waals surface area (Å²) in [5, 5.41) is 3.26. The molecule has 1 atom stereocenters. The Bertz CT molecular complexity index is 319. The van der Waals surface area contributed by atoms with Gasteiger partial charge in [-0.25, -0.2) is 4.98 Å². The summed E-state index contributed by atoms with van der Waals surface area (Å²) in [5.41, 5.74) is 5.55. The molecule has 0 saturated carbocycles. The largest absolute Gasteiger partial charge is 0.478 e. The summed E-state index contributed by atoms with van der Waals surface area (Å²) in [5.74, 6) is 1.23. The third-order valence-electron chi connectivity index (χ3n) is 2.43. The molecule has 0 spiro atoms. The number of rotatable bonds is 8. The molecular formula is C12H22N4O. The average Bonchev–Trinajstić information content (AvgIpc) is 2.36. The molecule has 1 rings (SSSR count).